The van der Waals surface area contributed by atoms with Crippen molar-refractivity contribution in [1.29, 1.82) is 0 Å². The second-order valence-corrected chi connectivity index (χ2v) is 15.1. The van der Waals surface area contributed by atoms with E-state index in [4.69, 9.17) is 0 Å². The molecule has 49 heavy (non-hydrogen) atoms. The van der Waals surface area contributed by atoms with Gasteiger partial charge in [-0.1, -0.05) is 108 Å². The SMILES string of the molecule is CC1=[C-]C(C)(C)c2cc3c(cc21)-c1cc2c(cc1C3)C(C)(C)C=C2C.CC1=[C-]C(C)C=C1c1ccccc1.Fc1ccc([CH]=[Zr+2])cc1.[Cl-].[Cl-]. The standard InChI is InChI=1S/C25H25.C13H13.C7H5F.2ClH.Zr/c1-14-12-24(3,4)22-8-16-7-17-9-23-19(15(2)13-25(23,5)6)11-21(17)20(16)10-18(14)22;1-10-8-11(2)13(9-10)12-6-4-3-5-7-12;1-6-2-4-7(8)5-3-6;;;/h8-12H,7H2,1-6H3;3-7,9-10H,1-2H3;1-5H;2*1H;/q2*-1;;;;+2/p-2. The third-order valence-corrected chi connectivity index (χ3v) is 10.6. The van der Waals surface area contributed by atoms with Gasteiger partial charge < -0.3 is 24.8 Å². The Morgan fingerprint density at radius 1 is 0.755 bits per heavy atom. The molecule has 0 aromatic heterocycles. The van der Waals surface area contributed by atoms with Crippen LogP contribution < -0.4 is 24.8 Å². The van der Waals surface area contributed by atoms with E-state index in [2.05, 4.69) is 128 Å². The van der Waals surface area contributed by atoms with Crippen LogP contribution in [0.15, 0.2) is 96.6 Å². The molecule has 0 amide bonds. The first-order valence-electron chi connectivity index (χ1n) is 16.6. The molecule has 4 aliphatic carbocycles. The van der Waals surface area contributed by atoms with Crippen molar-refractivity contribution in [2.45, 2.75) is 72.6 Å². The van der Waals surface area contributed by atoms with Crippen LogP contribution in [0.3, 0.4) is 0 Å². The van der Waals surface area contributed by atoms with Gasteiger partial charge in [-0.15, -0.1) is 17.2 Å². The van der Waals surface area contributed by atoms with Crippen molar-refractivity contribution >= 4 is 20.4 Å². The van der Waals surface area contributed by atoms with E-state index < -0.39 is 0 Å². The van der Waals surface area contributed by atoms with Crippen molar-refractivity contribution in [3.05, 3.63) is 159 Å². The number of benzene rings is 4. The maximum atomic E-state index is 12.2. The zero-order valence-electron chi connectivity index (χ0n) is 29.7. The molecule has 0 aliphatic heterocycles. The van der Waals surface area contributed by atoms with Crippen molar-refractivity contribution in [3.8, 4) is 11.1 Å². The Bertz CT molecular complexity index is 1920. The minimum atomic E-state index is -0.170. The molecule has 0 spiro atoms. The van der Waals surface area contributed by atoms with Gasteiger partial charge >= 0.3 is 68.0 Å². The number of hydrogen-bond acceptors (Lipinski definition) is 0. The summed E-state index contributed by atoms with van der Waals surface area (Å²) in [5.74, 6) is 0.298. The van der Waals surface area contributed by atoms with Crippen molar-refractivity contribution in [3.63, 3.8) is 0 Å². The van der Waals surface area contributed by atoms with Crippen LogP contribution in [0.5, 0.6) is 0 Å². The molecule has 0 N–H and O–H groups in total. The Hall–Kier alpha value is -2.90. The van der Waals surface area contributed by atoms with Crippen LogP contribution in [-0.2, 0) is 41.5 Å². The van der Waals surface area contributed by atoms with Crippen LogP contribution in [0.25, 0.3) is 27.8 Å². The quantitative estimate of drug-likeness (QED) is 0.210. The molecule has 0 heterocycles. The van der Waals surface area contributed by atoms with Gasteiger partial charge in [0.25, 0.3) is 0 Å². The Morgan fingerprint density at radius 3 is 1.92 bits per heavy atom. The predicted molar refractivity (Wildman–Crippen MR) is 194 cm³/mol. The molecule has 8 rings (SSSR count). The average molecular weight is 765 g/mol. The molecule has 0 saturated heterocycles. The Labute approximate surface area is 320 Å². The van der Waals surface area contributed by atoms with Crippen LogP contribution in [0, 0.1) is 23.9 Å². The van der Waals surface area contributed by atoms with E-state index in [0.717, 1.165) is 12.0 Å². The fourth-order valence-corrected chi connectivity index (χ4v) is 8.07. The molecule has 4 aromatic rings. The molecular weight excluding hydrogens is 722 g/mol. The Kier molecular flexibility index (Phi) is 12.0. The normalized spacial score (nSPS) is 17.8. The van der Waals surface area contributed by atoms with Gasteiger partial charge in [0, 0.05) is 5.41 Å². The first kappa shape index (κ1) is 38.9. The molecule has 0 saturated carbocycles. The molecule has 1 unspecified atom stereocenters. The summed E-state index contributed by atoms with van der Waals surface area (Å²) in [5, 5.41) is 0. The fourth-order valence-electron chi connectivity index (χ4n) is 7.60. The summed E-state index contributed by atoms with van der Waals surface area (Å²) < 4.78 is 14.2. The first-order valence-corrected chi connectivity index (χ1v) is 18.0. The summed E-state index contributed by atoms with van der Waals surface area (Å²) in [6.45, 7) is 18.0. The first-order chi connectivity index (χ1) is 22.3. The summed E-state index contributed by atoms with van der Waals surface area (Å²) in [6, 6.07) is 26.8. The van der Waals surface area contributed by atoms with E-state index in [0.29, 0.717) is 5.92 Å². The average Bonchev–Trinajstić information content (AvgIpc) is 3.70. The Balaban J connectivity index is 0.000000190. The minimum absolute atomic E-state index is 0. The van der Waals surface area contributed by atoms with Gasteiger partial charge in [-0.3, -0.25) is 12.2 Å². The predicted octanol–water partition coefficient (Wildman–Crippen LogP) is 5.45. The minimum Gasteiger partial charge on any atom is -1.00 e. The molecule has 250 valence electrons. The van der Waals surface area contributed by atoms with Gasteiger partial charge in [0.2, 0.25) is 0 Å². The molecule has 4 heteroatoms. The van der Waals surface area contributed by atoms with Crippen LogP contribution in [0.1, 0.15) is 99.9 Å². The molecule has 0 radical (unpaired) electrons. The van der Waals surface area contributed by atoms with Gasteiger partial charge in [-0.2, -0.15) is 17.2 Å². The van der Waals surface area contributed by atoms with Gasteiger partial charge in [0.1, 0.15) is 0 Å². The number of rotatable bonds is 2. The van der Waals surface area contributed by atoms with E-state index in [1.54, 1.807) is 12.1 Å². The molecule has 0 nitrogen and oxygen atoms in total. The number of allylic oxidation sites excluding steroid dienone is 8. The molecule has 4 aromatic carbocycles. The van der Waals surface area contributed by atoms with E-state index in [1.165, 1.54) is 109 Å². The summed E-state index contributed by atoms with van der Waals surface area (Å²) in [7, 11) is 0. The van der Waals surface area contributed by atoms with Crippen molar-refractivity contribution < 1.29 is 53.4 Å². The summed E-state index contributed by atoms with van der Waals surface area (Å²) in [6.07, 6.45) is 12.8. The second kappa shape index (κ2) is 15.1. The van der Waals surface area contributed by atoms with Gasteiger partial charge in [0.05, 0.1) is 0 Å². The third kappa shape index (κ3) is 7.88. The molecular formula is C45H43Cl2FZr-2. The van der Waals surface area contributed by atoms with Gasteiger partial charge in [-0.05, 0) is 58.4 Å². The van der Waals surface area contributed by atoms with E-state index in [9.17, 15) is 4.39 Å². The topological polar surface area (TPSA) is 0 Å². The molecule has 4 aliphatic rings. The van der Waals surface area contributed by atoms with E-state index >= 15 is 0 Å². The monoisotopic (exact) mass is 762 g/mol. The second-order valence-electron chi connectivity index (χ2n) is 14.4. The summed E-state index contributed by atoms with van der Waals surface area (Å²) >= 11 is 1.34. The number of fused-ring (bicyclic) bond motifs is 5. The Morgan fingerprint density at radius 2 is 1.35 bits per heavy atom. The summed E-state index contributed by atoms with van der Waals surface area (Å²) in [4.78, 5) is 0. The zero-order valence-corrected chi connectivity index (χ0v) is 33.6. The van der Waals surface area contributed by atoms with E-state index in [-0.39, 0.29) is 41.5 Å². The smallest absolute Gasteiger partial charge is 1.00 e. The van der Waals surface area contributed by atoms with Crippen LogP contribution in [-0.4, -0.2) is 3.71 Å². The largest absolute Gasteiger partial charge is 1.00 e. The summed E-state index contributed by atoms with van der Waals surface area (Å²) in [5.41, 5.74) is 19.6. The van der Waals surface area contributed by atoms with Crippen molar-refractivity contribution in [2.24, 2.45) is 5.92 Å². The van der Waals surface area contributed by atoms with Gasteiger partial charge in [0.15, 0.2) is 0 Å². The van der Waals surface area contributed by atoms with Crippen LogP contribution >= 0.6 is 0 Å². The fraction of sp³-hybridized carbons (Fsp3) is 0.267. The maximum Gasteiger partial charge on any atom is -1.00 e. The molecule has 1 atom stereocenters. The number of halogens is 3. The third-order valence-electron chi connectivity index (χ3n) is 9.82. The van der Waals surface area contributed by atoms with Crippen molar-refractivity contribution in [1.82, 2.24) is 0 Å². The molecule has 0 fully saturated rings. The zero-order chi connectivity index (χ0) is 33.7. The van der Waals surface area contributed by atoms with Crippen LogP contribution in [0.4, 0.5) is 4.39 Å². The van der Waals surface area contributed by atoms with Crippen molar-refractivity contribution in [2.75, 3.05) is 0 Å². The van der Waals surface area contributed by atoms with Crippen LogP contribution in [0.2, 0.25) is 0 Å². The number of hydrogen-bond donors (Lipinski definition) is 0. The van der Waals surface area contributed by atoms with E-state index in [1.807, 2.05) is 9.78 Å². The maximum absolute atomic E-state index is 12.2. The van der Waals surface area contributed by atoms with Gasteiger partial charge in [-0.25, -0.2) is 11.1 Å². The molecule has 0 bridgehead atoms.